The van der Waals surface area contributed by atoms with E-state index in [-0.39, 0.29) is 25.2 Å². The van der Waals surface area contributed by atoms with Crippen molar-refractivity contribution >= 4 is 12.0 Å². The zero-order chi connectivity index (χ0) is 14.5. The number of aliphatic carboxylic acids is 1. The summed E-state index contributed by atoms with van der Waals surface area (Å²) in [7, 11) is 0. The van der Waals surface area contributed by atoms with Crippen molar-refractivity contribution in [2.75, 3.05) is 45.9 Å². The van der Waals surface area contributed by atoms with Gasteiger partial charge in [-0.2, -0.15) is 0 Å². The molecule has 0 spiro atoms. The molecule has 2 N–H and O–H groups in total. The van der Waals surface area contributed by atoms with Crippen molar-refractivity contribution in [3.05, 3.63) is 0 Å². The molecule has 0 bridgehead atoms. The number of nitrogens with zero attached hydrogens (tertiary/aromatic N) is 3. The monoisotopic (exact) mass is 285 g/mol. The molecule has 0 unspecified atom stereocenters. The van der Waals surface area contributed by atoms with Gasteiger partial charge >= 0.3 is 12.0 Å². The molecule has 20 heavy (non-hydrogen) atoms. The van der Waals surface area contributed by atoms with E-state index in [0.29, 0.717) is 19.6 Å². The number of carboxylic acids is 1. The lowest BCUT2D eigenvalue weighted by molar-refractivity contribution is -0.137. The van der Waals surface area contributed by atoms with Crippen LogP contribution in [0.1, 0.15) is 19.3 Å². The molecule has 0 aromatic heterocycles. The Labute approximate surface area is 118 Å². The van der Waals surface area contributed by atoms with Gasteiger partial charge in [0.05, 0.1) is 6.61 Å². The fraction of sp³-hybridized carbons (Fsp3) is 0.846. The highest BCUT2D eigenvalue weighted by Crippen LogP contribution is 2.27. The maximum atomic E-state index is 12.5. The lowest BCUT2D eigenvalue weighted by Crippen LogP contribution is -2.47. The summed E-state index contributed by atoms with van der Waals surface area (Å²) >= 11 is 0. The van der Waals surface area contributed by atoms with Gasteiger partial charge in [-0.3, -0.25) is 9.69 Å². The summed E-state index contributed by atoms with van der Waals surface area (Å²) in [6.07, 6.45) is 2.67. The van der Waals surface area contributed by atoms with Gasteiger partial charge in [-0.15, -0.1) is 0 Å². The van der Waals surface area contributed by atoms with Crippen molar-refractivity contribution in [1.29, 1.82) is 0 Å². The second-order valence-corrected chi connectivity index (χ2v) is 5.44. The van der Waals surface area contributed by atoms with Gasteiger partial charge in [0, 0.05) is 32.2 Å². The highest BCUT2D eigenvalue weighted by atomic mass is 16.4. The number of rotatable bonds is 5. The van der Waals surface area contributed by atoms with E-state index in [1.807, 2.05) is 0 Å². The van der Waals surface area contributed by atoms with Crippen LogP contribution in [-0.4, -0.2) is 88.8 Å². The second-order valence-electron chi connectivity index (χ2n) is 5.44. The fourth-order valence-electron chi connectivity index (χ4n) is 2.59. The third kappa shape index (κ3) is 4.08. The van der Waals surface area contributed by atoms with Gasteiger partial charge in [0.1, 0.15) is 6.54 Å². The van der Waals surface area contributed by atoms with E-state index < -0.39 is 5.97 Å². The van der Waals surface area contributed by atoms with Crippen molar-refractivity contribution in [1.82, 2.24) is 14.7 Å². The van der Waals surface area contributed by atoms with Gasteiger partial charge in [-0.1, -0.05) is 0 Å². The van der Waals surface area contributed by atoms with Gasteiger partial charge in [0.2, 0.25) is 0 Å². The molecule has 0 aromatic carbocycles. The Morgan fingerprint density at radius 2 is 1.90 bits per heavy atom. The Kier molecular flexibility index (Phi) is 5.19. The molecule has 2 fully saturated rings. The Balaban J connectivity index is 1.91. The molecule has 1 heterocycles. The molecule has 1 saturated heterocycles. The van der Waals surface area contributed by atoms with E-state index in [4.69, 9.17) is 10.2 Å². The van der Waals surface area contributed by atoms with E-state index in [1.54, 1.807) is 4.90 Å². The molecule has 0 aromatic rings. The van der Waals surface area contributed by atoms with E-state index in [2.05, 4.69) is 4.90 Å². The normalized spacial score (nSPS) is 20.6. The van der Waals surface area contributed by atoms with Crippen molar-refractivity contribution in [2.24, 2.45) is 0 Å². The van der Waals surface area contributed by atoms with Crippen LogP contribution in [0.4, 0.5) is 4.79 Å². The molecule has 2 rings (SSSR count). The van der Waals surface area contributed by atoms with E-state index in [9.17, 15) is 9.59 Å². The van der Waals surface area contributed by atoms with Crippen LogP contribution in [0.25, 0.3) is 0 Å². The minimum Gasteiger partial charge on any atom is -0.480 e. The molecule has 1 aliphatic carbocycles. The van der Waals surface area contributed by atoms with Crippen LogP contribution in [-0.2, 0) is 4.79 Å². The summed E-state index contributed by atoms with van der Waals surface area (Å²) in [4.78, 5) is 28.7. The standard InChI is InChI=1S/C13H23N3O4/c17-9-8-14-4-1-5-15(7-6-14)13(20)16(10-12(18)19)11-2-3-11/h11,17H,1-10H2,(H,18,19). The van der Waals surface area contributed by atoms with Crippen molar-refractivity contribution in [3.63, 3.8) is 0 Å². The summed E-state index contributed by atoms with van der Waals surface area (Å²) in [6.45, 7) is 3.40. The first-order chi connectivity index (χ1) is 9.61. The maximum absolute atomic E-state index is 12.5. The Morgan fingerprint density at radius 1 is 1.15 bits per heavy atom. The molecule has 2 amide bonds. The van der Waals surface area contributed by atoms with E-state index >= 15 is 0 Å². The van der Waals surface area contributed by atoms with Crippen LogP contribution in [0.2, 0.25) is 0 Å². The Bertz CT molecular complexity index is 360. The van der Waals surface area contributed by atoms with Crippen LogP contribution in [0.5, 0.6) is 0 Å². The molecule has 7 nitrogen and oxygen atoms in total. The quantitative estimate of drug-likeness (QED) is 0.721. The molecule has 0 radical (unpaired) electrons. The third-order valence-corrected chi connectivity index (χ3v) is 3.81. The van der Waals surface area contributed by atoms with Gasteiger partial charge in [-0.25, -0.2) is 4.79 Å². The molecule has 2 aliphatic rings. The number of aliphatic hydroxyl groups excluding tert-OH is 1. The lowest BCUT2D eigenvalue weighted by Gasteiger charge is -2.29. The number of urea groups is 1. The highest BCUT2D eigenvalue weighted by Gasteiger charge is 2.36. The van der Waals surface area contributed by atoms with Gasteiger partial charge in [0.25, 0.3) is 0 Å². The zero-order valence-corrected chi connectivity index (χ0v) is 11.7. The van der Waals surface area contributed by atoms with Gasteiger partial charge in [0.15, 0.2) is 0 Å². The van der Waals surface area contributed by atoms with Crippen LogP contribution >= 0.6 is 0 Å². The van der Waals surface area contributed by atoms with Crippen molar-refractivity contribution < 1.29 is 19.8 Å². The van der Waals surface area contributed by atoms with Crippen LogP contribution < -0.4 is 0 Å². The topological polar surface area (TPSA) is 84.3 Å². The highest BCUT2D eigenvalue weighted by molar-refractivity contribution is 5.80. The molecular weight excluding hydrogens is 262 g/mol. The van der Waals surface area contributed by atoms with Gasteiger partial charge in [-0.05, 0) is 25.8 Å². The first-order valence-corrected chi connectivity index (χ1v) is 7.22. The molecule has 114 valence electrons. The van der Waals surface area contributed by atoms with Crippen LogP contribution in [0.3, 0.4) is 0 Å². The average Bonchev–Trinajstić information content (AvgIpc) is 3.22. The number of carbonyl (C=O) groups is 2. The first-order valence-electron chi connectivity index (χ1n) is 7.22. The molecule has 0 atom stereocenters. The summed E-state index contributed by atoms with van der Waals surface area (Å²) in [5, 5.41) is 17.9. The minimum atomic E-state index is -0.957. The summed E-state index contributed by atoms with van der Waals surface area (Å²) in [6, 6.07) is -0.0452. The lowest BCUT2D eigenvalue weighted by atomic mass is 10.4. The molecular formula is C13H23N3O4. The minimum absolute atomic E-state index is 0.107. The Hall–Kier alpha value is -1.34. The smallest absolute Gasteiger partial charge is 0.323 e. The molecule has 1 aliphatic heterocycles. The number of hydrogen-bond acceptors (Lipinski definition) is 4. The zero-order valence-electron chi connectivity index (χ0n) is 11.7. The number of amides is 2. The average molecular weight is 285 g/mol. The number of carboxylic acid groups (broad SMARTS) is 1. The summed E-state index contributed by atoms with van der Waals surface area (Å²) < 4.78 is 0. The predicted molar refractivity (Wildman–Crippen MR) is 72.5 cm³/mol. The summed E-state index contributed by atoms with van der Waals surface area (Å²) in [5.41, 5.74) is 0. The van der Waals surface area contributed by atoms with Crippen LogP contribution in [0.15, 0.2) is 0 Å². The second kappa shape index (κ2) is 6.90. The summed E-state index contributed by atoms with van der Waals surface area (Å²) in [5.74, 6) is -0.957. The van der Waals surface area contributed by atoms with E-state index in [0.717, 1.165) is 32.4 Å². The fourth-order valence-corrected chi connectivity index (χ4v) is 2.59. The number of carbonyl (C=O) groups excluding carboxylic acids is 1. The number of hydrogen-bond donors (Lipinski definition) is 2. The van der Waals surface area contributed by atoms with Crippen molar-refractivity contribution in [3.8, 4) is 0 Å². The third-order valence-electron chi connectivity index (χ3n) is 3.81. The van der Waals surface area contributed by atoms with Gasteiger partial charge < -0.3 is 20.0 Å². The van der Waals surface area contributed by atoms with E-state index in [1.165, 1.54) is 4.90 Å². The Morgan fingerprint density at radius 3 is 2.50 bits per heavy atom. The SMILES string of the molecule is O=C(O)CN(C(=O)N1CCCN(CCO)CC1)C1CC1. The first kappa shape index (κ1) is 15.1. The number of aliphatic hydroxyl groups is 1. The molecule has 7 heteroatoms. The predicted octanol–water partition coefficient (Wildman–Crippen LogP) is -0.345. The van der Waals surface area contributed by atoms with Crippen molar-refractivity contribution in [2.45, 2.75) is 25.3 Å². The largest absolute Gasteiger partial charge is 0.480 e. The maximum Gasteiger partial charge on any atom is 0.323 e. The van der Waals surface area contributed by atoms with Crippen LogP contribution in [0, 0.1) is 0 Å². The number of β-amino-alcohol motifs (C(OH)–C–C–N with tert-alkyl or cyclic N) is 1. The molecule has 1 saturated carbocycles.